The third kappa shape index (κ3) is 2.64. The molecule has 0 aliphatic heterocycles. The van der Waals surface area contributed by atoms with Crippen molar-refractivity contribution in [2.45, 2.75) is 6.61 Å². The highest BCUT2D eigenvalue weighted by atomic mass is 127. The molecule has 0 amide bonds. The lowest BCUT2D eigenvalue weighted by Gasteiger charge is -2.03. The first kappa shape index (κ1) is 11.9. The van der Waals surface area contributed by atoms with Gasteiger partial charge < -0.3 is 4.74 Å². The van der Waals surface area contributed by atoms with Crippen LogP contribution in [0.4, 0.5) is 0 Å². The molecule has 0 saturated carbocycles. The molecule has 0 radical (unpaired) electrons. The van der Waals surface area contributed by atoms with Crippen molar-refractivity contribution in [1.82, 2.24) is 4.98 Å². The van der Waals surface area contributed by atoms with E-state index in [-0.39, 0.29) is 0 Å². The van der Waals surface area contributed by atoms with Gasteiger partial charge in [-0.3, -0.25) is 0 Å². The molecular weight excluding hydrogens is 357 g/mol. The average molecular weight is 367 g/mol. The van der Waals surface area contributed by atoms with Crippen molar-refractivity contribution in [3.05, 3.63) is 57.1 Å². The molecule has 0 aliphatic carbocycles. The van der Waals surface area contributed by atoms with E-state index in [1.54, 1.807) is 11.3 Å². The van der Waals surface area contributed by atoms with Gasteiger partial charge in [0.25, 0.3) is 0 Å². The maximum absolute atomic E-state index is 5.75. The fourth-order valence-corrected chi connectivity index (χ4v) is 3.08. The number of ether oxygens (including phenoxy) is 1. The summed E-state index contributed by atoms with van der Waals surface area (Å²) in [5.74, 6) is 0.890. The highest BCUT2D eigenvalue weighted by molar-refractivity contribution is 14.1. The molecule has 3 aromatic rings. The maximum atomic E-state index is 5.75. The largest absolute Gasteiger partial charge is 0.486 e. The third-order valence-electron chi connectivity index (χ3n) is 2.50. The molecule has 0 N–H and O–H groups in total. The number of halogens is 1. The van der Waals surface area contributed by atoms with E-state index in [0.29, 0.717) is 6.61 Å². The van der Waals surface area contributed by atoms with Crippen molar-refractivity contribution in [2.75, 3.05) is 0 Å². The van der Waals surface area contributed by atoms with Crippen molar-refractivity contribution in [1.29, 1.82) is 0 Å². The summed E-state index contributed by atoms with van der Waals surface area (Å²) in [5.41, 5.74) is 1.05. The zero-order valence-corrected chi connectivity index (χ0v) is 12.4. The molecule has 2 aromatic carbocycles. The number of aromatic nitrogens is 1. The fraction of sp³-hybridized carbons (Fsp3) is 0.0714. The van der Waals surface area contributed by atoms with Gasteiger partial charge in [0, 0.05) is 3.57 Å². The van der Waals surface area contributed by atoms with Crippen molar-refractivity contribution in [3.8, 4) is 5.75 Å². The minimum atomic E-state index is 0.527. The van der Waals surface area contributed by atoms with Crippen LogP contribution in [-0.2, 0) is 6.61 Å². The molecule has 4 heteroatoms. The number of rotatable bonds is 3. The first-order chi connectivity index (χ1) is 8.81. The van der Waals surface area contributed by atoms with Gasteiger partial charge in [0.2, 0.25) is 0 Å². The van der Waals surface area contributed by atoms with Gasteiger partial charge in [0.05, 0.1) is 10.2 Å². The van der Waals surface area contributed by atoms with Gasteiger partial charge in [0.15, 0.2) is 0 Å². The topological polar surface area (TPSA) is 22.1 Å². The molecule has 0 bridgehead atoms. The average Bonchev–Trinajstić information content (AvgIpc) is 2.79. The summed E-state index contributed by atoms with van der Waals surface area (Å²) >= 11 is 3.96. The van der Waals surface area contributed by atoms with Gasteiger partial charge >= 0.3 is 0 Å². The quantitative estimate of drug-likeness (QED) is 0.637. The van der Waals surface area contributed by atoms with Crippen LogP contribution in [-0.4, -0.2) is 4.98 Å². The third-order valence-corrected chi connectivity index (χ3v) is 4.18. The second-order valence-corrected chi connectivity index (χ2v) is 6.18. The molecule has 3 rings (SSSR count). The molecule has 0 fully saturated rings. The Bertz CT molecular complexity index is 647. The predicted molar refractivity (Wildman–Crippen MR) is 83.1 cm³/mol. The smallest absolute Gasteiger partial charge is 0.140 e. The van der Waals surface area contributed by atoms with E-state index >= 15 is 0 Å². The molecular formula is C14H10INOS. The summed E-state index contributed by atoms with van der Waals surface area (Å²) in [4.78, 5) is 4.54. The molecule has 1 heterocycles. The van der Waals surface area contributed by atoms with Gasteiger partial charge in [-0.25, -0.2) is 4.98 Å². The number of hydrogen-bond donors (Lipinski definition) is 0. The number of fused-ring (bicyclic) bond motifs is 1. The summed E-state index contributed by atoms with van der Waals surface area (Å²) in [5, 5.41) is 1.01. The zero-order valence-electron chi connectivity index (χ0n) is 9.47. The van der Waals surface area contributed by atoms with Crippen LogP contribution in [0.3, 0.4) is 0 Å². The Kier molecular flexibility index (Phi) is 3.47. The summed E-state index contributed by atoms with van der Waals surface area (Å²) < 4.78 is 8.13. The highest BCUT2D eigenvalue weighted by Crippen LogP contribution is 2.23. The molecule has 0 atom stereocenters. The zero-order chi connectivity index (χ0) is 12.4. The fourth-order valence-electron chi connectivity index (χ4n) is 1.68. The van der Waals surface area contributed by atoms with E-state index in [0.717, 1.165) is 16.3 Å². The second kappa shape index (κ2) is 5.24. The molecule has 0 saturated heterocycles. The number of benzene rings is 2. The van der Waals surface area contributed by atoms with E-state index < -0.39 is 0 Å². The Morgan fingerprint density at radius 1 is 1.11 bits per heavy atom. The van der Waals surface area contributed by atoms with Crippen LogP contribution in [0.5, 0.6) is 5.75 Å². The van der Waals surface area contributed by atoms with E-state index in [1.807, 2.05) is 42.5 Å². The van der Waals surface area contributed by atoms with Crippen LogP contribution in [0, 0.1) is 3.57 Å². The Morgan fingerprint density at radius 2 is 2.00 bits per heavy atom. The summed E-state index contributed by atoms with van der Waals surface area (Å²) in [6, 6.07) is 16.2. The molecule has 90 valence electrons. The maximum Gasteiger partial charge on any atom is 0.140 e. The molecule has 0 spiro atoms. The number of thiazole rings is 1. The predicted octanol–water partition coefficient (Wildman–Crippen LogP) is 4.48. The SMILES string of the molecule is Ic1cccc(OCc2nc3ccccc3s2)c1. The second-order valence-electron chi connectivity index (χ2n) is 3.82. The number of para-hydroxylation sites is 1. The lowest BCUT2D eigenvalue weighted by molar-refractivity contribution is 0.305. The lowest BCUT2D eigenvalue weighted by Crippen LogP contribution is -1.94. The van der Waals surface area contributed by atoms with Crippen molar-refractivity contribution >= 4 is 44.1 Å². The van der Waals surface area contributed by atoms with Gasteiger partial charge in [-0.2, -0.15) is 0 Å². The Balaban J connectivity index is 1.76. The first-order valence-corrected chi connectivity index (χ1v) is 7.43. The Labute approximate surface area is 123 Å². The monoisotopic (exact) mass is 367 g/mol. The van der Waals surface area contributed by atoms with Crippen LogP contribution >= 0.6 is 33.9 Å². The minimum absolute atomic E-state index is 0.527. The van der Waals surface area contributed by atoms with Crippen LogP contribution in [0.15, 0.2) is 48.5 Å². The molecule has 1 aromatic heterocycles. The van der Waals surface area contributed by atoms with Gasteiger partial charge in [-0.15, -0.1) is 11.3 Å². The molecule has 0 aliphatic rings. The number of hydrogen-bond acceptors (Lipinski definition) is 3. The van der Waals surface area contributed by atoms with Crippen molar-refractivity contribution < 1.29 is 4.74 Å². The molecule has 0 unspecified atom stereocenters. The minimum Gasteiger partial charge on any atom is -0.486 e. The van der Waals surface area contributed by atoms with Gasteiger partial charge in [0.1, 0.15) is 17.4 Å². The van der Waals surface area contributed by atoms with Crippen LogP contribution < -0.4 is 4.74 Å². The highest BCUT2D eigenvalue weighted by Gasteiger charge is 2.03. The van der Waals surface area contributed by atoms with Crippen LogP contribution in [0.25, 0.3) is 10.2 Å². The normalized spacial score (nSPS) is 10.7. The van der Waals surface area contributed by atoms with Crippen molar-refractivity contribution in [2.24, 2.45) is 0 Å². The first-order valence-electron chi connectivity index (χ1n) is 5.54. The van der Waals surface area contributed by atoms with Gasteiger partial charge in [-0.05, 0) is 52.9 Å². The standard InChI is InChI=1S/C14H10INOS/c15-10-4-3-5-11(8-10)17-9-14-16-12-6-1-2-7-13(12)18-14/h1-8H,9H2. The van der Waals surface area contributed by atoms with E-state index in [9.17, 15) is 0 Å². The Hall–Kier alpha value is -1.14. The molecule has 2 nitrogen and oxygen atoms in total. The van der Waals surface area contributed by atoms with E-state index in [1.165, 1.54) is 8.27 Å². The molecule has 18 heavy (non-hydrogen) atoms. The van der Waals surface area contributed by atoms with Crippen LogP contribution in [0.1, 0.15) is 5.01 Å². The van der Waals surface area contributed by atoms with Crippen LogP contribution in [0.2, 0.25) is 0 Å². The summed E-state index contributed by atoms with van der Waals surface area (Å²) in [7, 11) is 0. The van der Waals surface area contributed by atoms with E-state index in [4.69, 9.17) is 4.74 Å². The van der Waals surface area contributed by atoms with E-state index in [2.05, 4.69) is 33.6 Å². The summed E-state index contributed by atoms with van der Waals surface area (Å²) in [6.45, 7) is 0.527. The lowest BCUT2D eigenvalue weighted by atomic mass is 10.3. The summed E-state index contributed by atoms with van der Waals surface area (Å²) in [6.07, 6.45) is 0. The number of nitrogens with zero attached hydrogens (tertiary/aromatic N) is 1. The van der Waals surface area contributed by atoms with Crippen molar-refractivity contribution in [3.63, 3.8) is 0 Å². The van der Waals surface area contributed by atoms with Gasteiger partial charge in [-0.1, -0.05) is 18.2 Å². The Morgan fingerprint density at radius 3 is 2.83 bits per heavy atom.